The van der Waals surface area contributed by atoms with Gasteiger partial charge in [-0.25, -0.2) is 0 Å². The van der Waals surface area contributed by atoms with Crippen molar-refractivity contribution in [2.24, 2.45) is 5.92 Å². The van der Waals surface area contributed by atoms with E-state index < -0.39 is 0 Å². The minimum Gasteiger partial charge on any atom is -0.314 e. The second kappa shape index (κ2) is 8.10. The largest absolute Gasteiger partial charge is 0.314 e. The van der Waals surface area contributed by atoms with E-state index in [1.54, 1.807) is 0 Å². The summed E-state index contributed by atoms with van der Waals surface area (Å²) in [5.74, 6) is 0.885. The first-order valence-corrected chi connectivity index (χ1v) is 7.70. The molecule has 0 saturated heterocycles. The van der Waals surface area contributed by atoms with E-state index in [1.165, 1.54) is 51.7 Å². The Morgan fingerprint density at radius 2 is 2.00 bits per heavy atom. The smallest absolute Gasteiger partial charge is 0.0107 e. The van der Waals surface area contributed by atoms with Crippen molar-refractivity contribution in [1.29, 1.82) is 0 Å². The molecule has 0 radical (unpaired) electrons. The maximum Gasteiger partial charge on any atom is 0.0107 e. The lowest BCUT2D eigenvalue weighted by molar-refractivity contribution is 0.170. The molecule has 1 rings (SSSR count). The number of hydrogen-bond donors (Lipinski definition) is 1. The van der Waals surface area contributed by atoms with E-state index in [2.05, 4.69) is 37.9 Å². The van der Waals surface area contributed by atoms with Gasteiger partial charge in [0, 0.05) is 18.6 Å². The van der Waals surface area contributed by atoms with Crippen LogP contribution < -0.4 is 5.32 Å². The highest BCUT2D eigenvalue weighted by Gasteiger charge is 2.28. The van der Waals surface area contributed by atoms with Gasteiger partial charge >= 0.3 is 0 Å². The maximum atomic E-state index is 3.74. The topological polar surface area (TPSA) is 15.3 Å². The van der Waals surface area contributed by atoms with E-state index in [-0.39, 0.29) is 0 Å². The van der Waals surface area contributed by atoms with Crippen LogP contribution in [0.5, 0.6) is 0 Å². The molecule has 0 amide bonds. The lowest BCUT2D eigenvalue weighted by atomic mass is 10.0. The average molecular weight is 240 g/mol. The first kappa shape index (κ1) is 15.0. The third-order valence-electron chi connectivity index (χ3n) is 4.40. The van der Waals surface area contributed by atoms with Crippen molar-refractivity contribution in [2.45, 2.75) is 71.9 Å². The number of nitrogens with one attached hydrogen (secondary N) is 1. The second-order valence-corrected chi connectivity index (χ2v) is 5.60. The van der Waals surface area contributed by atoms with Gasteiger partial charge in [-0.1, -0.05) is 27.2 Å². The Balaban J connectivity index is 2.41. The standard InChI is InChI=1S/C15H32N2/c1-5-11-16-15-10-8-9-14(15)12-17(7-3)13(4)6-2/h13-16H,5-12H2,1-4H3. The molecule has 1 saturated carbocycles. The van der Waals surface area contributed by atoms with Crippen LogP contribution in [0.25, 0.3) is 0 Å². The van der Waals surface area contributed by atoms with Crippen LogP contribution in [-0.4, -0.2) is 36.6 Å². The van der Waals surface area contributed by atoms with Crippen molar-refractivity contribution in [3.05, 3.63) is 0 Å². The summed E-state index contributed by atoms with van der Waals surface area (Å²) in [6, 6.07) is 1.53. The van der Waals surface area contributed by atoms with E-state index in [9.17, 15) is 0 Å². The summed E-state index contributed by atoms with van der Waals surface area (Å²) in [5, 5.41) is 3.74. The minimum absolute atomic E-state index is 0.743. The lowest BCUT2D eigenvalue weighted by Gasteiger charge is -2.32. The molecule has 3 atom stereocenters. The van der Waals surface area contributed by atoms with Crippen molar-refractivity contribution < 1.29 is 0 Å². The number of hydrogen-bond acceptors (Lipinski definition) is 2. The Kier molecular flexibility index (Phi) is 7.14. The molecule has 2 heteroatoms. The third kappa shape index (κ3) is 4.59. The minimum atomic E-state index is 0.743. The fourth-order valence-corrected chi connectivity index (χ4v) is 3.03. The Bertz CT molecular complexity index is 193. The van der Waals surface area contributed by atoms with E-state index >= 15 is 0 Å². The summed E-state index contributed by atoms with van der Waals surface area (Å²) >= 11 is 0. The zero-order valence-corrected chi connectivity index (χ0v) is 12.3. The molecule has 3 unspecified atom stereocenters. The first-order valence-electron chi connectivity index (χ1n) is 7.70. The number of rotatable bonds is 8. The van der Waals surface area contributed by atoms with Crippen LogP contribution >= 0.6 is 0 Å². The first-order chi connectivity index (χ1) is 8.22. The maximum absolute atomic E-state index is 3.74. The Hall–Kier alpha value is -0.0800. The molecule has 0 aromatic heterocycles. The average Bonchev–Trinajstić information content (AvgIpc) is 2.79. The van der Waals surface area contributed by atoms with Gasteiger partial charge < -0.3 is 10.2 Å². The number of nitrogens with zero attached hydrogens (tertiary/aromatic N) is 1. The van der Waals surface area contributed by atoms with Crippen molar-refractivity contribution in [3.8, 4) is 0 Å². The molecule has 0 aromatic rings. The SMILES string of the molecule is CCCNC1CCCC1CN(CC)C(C)CC. The Labute approximate surface area is 108 Å². The molecule has 1 N–H and O–H groups in total. The van der Waals surface area contributed by atoms with Crippen LogP contribution in [0.4, 0.5) is 0 Å². The third-order valence-corrected chi connectivity index (χ3v) is 4.40. The highest BCUT2D eigenvalue weighted by molar-refractivity contribution is 4.85. The molecule has 2 nitrogen and oxygen atoms in total. The highest BCUT2D eigenvalue weighted by atomic mass is 15.2. The molecule has 1 aliphatic rings. The van der Waals surface area contributed by atoms with Crippen LogP contribution in [-0.2, 0) is 0 Å². The molecule has 1 aliphatic carbocycles. The molecular formula is C15H32N2. The van der Waals surface area contributed by atoms with Gasteiger partial charge in [0.25, 0.3) is 0 Å². The van der Waals surface area contributed by atoms with Crippen molar-refractivity contribution in [2.75, 3.05) is 19.6 Å². The Morgan fingerprint density at radius 1 is 1.24 bits per heavy atom. The Morgan fingerprint density at radius 3 is 2.59 bits per heavy atom. The summed E-state index contributed by atoms with van der Waals surface area (Å²) in [4.78, 5) is 2.66. The monoisotopic (exact) mass is 240 g/mol. The molecule has 102 valence electrons. The van der Waals surface area contributed by atoms with Crippen LogP contribution in [0.2, 0.25) is 0 Å². The van der Waals surface area contributed by atoms with Crippen LogP contribution in [0.1, 0.15) is 59.8 Å². The van der Waals surface area contributed by atoms with Crippen LogP contribution in [0, 0.1) is 5.92 Å². The fraction of sp³-hybridized carbons (Fsp3) is 1.00. The van der Waals surface area contributed by atoms with Crippen LogP contribution in [0.3, 0.4) is 0 Å². The molecule has 0 aliphatic heterocycles. The van der Waals surface area contributed by atoms with Crippen LogP contribution in [0.15, 0.2) is 0 Å². The molecule has 0 heterocycles. The lowest BCUT2D eigenvalue weighted by Crippen LogP contribution is -2.42. The highest BCUT2D eigenvalue weighted by Crippen LogP contribution is 2.27. The van der Waals surface area contributed by atoms with Gasteiger partial charge in [-0.05, 0) is 51.6 Å². The zero-order valence-electron chi connectivity index (χ0n) is 12.3. The van der Waals surface area contributed by atoms with Gasteiger partial charge in [-0.15, -0.1) is 0 Å². The van der Waals surface area contributed by atoms with Gasteiger partial charge in [0.05, 0.1) is 0 Å². The molecule has 0 spiro atoms. The normalized spacial score (nSPS) is 26.6. The quantitative estimate of drug-likeness (QED) is 0.700. The van der Waals surface area contributed by atoms with Gasteiger partial charge in [0.2, 0.25) is 0 Å². The van der Waals surface area contributed by atoms with E-state index in [0.29, 0.717) is 0 Å². The van der Waals surface area contributed by atoms with Crippen molar-refractivity contribution >= 4 is 0 Å². The summed E-state index contributed by atoms with van der Waals surface area (Å²) in [7, 11) is 0. The predicted octanol–water partition coefficient (Wildman–Crippen LogP) is 3.28. The molecule has 0 bridgehead atoms. The second-order valence-electron chi connectivity index (χ2n) is 5.60. The van der Waals surface area contributed by atoms with Crippen molar-refractivity contribution in [1.82, 2.24) is 10.2 Å². The summed E-state index contributed by atoms with van der Waals surface area (Å²) < 4.78 is 0. The molecular weight excluding hydrogens is 208 g/mol. The summed E-state index contributed by atoms with van der Waals surface area (Å²) in [5.41, 5.74) is 0. The van der Waals surface area contributed by atoms with E-state index in [0.717, 1.165) is 18.0 Å². The zero-order chi connectivity index (χ0) is 12.7. The van der Waals surface area contributed by atoms with Crippen molar-refractivity contribution in [3.63, 3.8) is 0 Å². The fourth-order valence-electron chi connectivity index (χ4n) is 3.03. The van der Waals surface area contributed by atoms with Gasteiger partial charge in [0.1, 0.15) is 0 Å². The van der Waals surface area contributed by atoms with E-state index in [1.807, 2.05) is 0 Å². The predicted molar refractivity (Wildman–Crippen MR) is 76.4 cm³/mol. The summed E-state index contributed by atoms with van der Waals surface area (Å²) in [6.45, 7) is 12.9. The summed E-state index contributed by atoms with van der Waals surface area (Å²) in [6.07, 6.45) is 6.76. The molecule has 1 fully saturated rings. The van der Waals surface area contributed by atoms with Gasteiger partial charge in [-0.3, -0.25) is 0 Å². The van der Waals surface area contributed by atoms with Gasteiger partial charge in [0.15, 0.2) is 0 Å². The molecule has 0 aromatic carbocycles. The molecule has 17 heavy (non-hydrogen) atoms. The van der Waals surface area contributed by atoms with E-state index in [4.69, 9.17) is 0 Å². The van der Waals surface area contributed by atoms with Gasteiger partial charge in [-0.2, -0.15) is 0 Å².